The maximum Gasteiger partial charge on any atom is 0.314 e. The molecule has 0 bridgehead atoms. The second-order valence-electron chi connectivity index (χ2n) is 4.88. The van der Waals surface area contributed by atoms with Gasteiger partial charge in [-0.05, 0) is 30.9 Å². The molecule has 0 aliphatic heterocycles. The van der Waals surface area contributed by atoms with Gasteiger partial charge < -0.3 is 9.72 Å². The summed E-state index contributed by atoms with van der Waals surface area (Å²) in [4.78, 5) is 15.3. The van der Waals surface area contributed by atoms with Crippen LogP contribution < -0.4 is 0 Å². The van der Waals surface area contributed by atoms with Crippen molar-refractivity contribution >= 4 is 16.9 Å². The first-order valence-corrected chi connectivity index (χ1v) is 6.48. The highest BCUT2D eigenvalue weighted by Gasteiger charge is 2.28. The van der Waals surface area contributed by atoms with Crippen molar-refractivity contribution < 1.29 is 9.53 Å². The van der Waals surface area contributed by atoms with E-state index in [0.717, 1.165) is 36.9 Å². The molecule has 1 aliphatic carbocycles. The number of hydrogen-bond acceptors (Lipinski definition) is 2. The number of rotatable bonds is 1. The fourth-order valence-electron chi connectivity index (χ4n) is 2.96. The molecule has 3 heteroatoms. The number of ether oxygens (including phenoxy) is 1. The van der Waals surface area contributed by atoms with E-state index in [4.69, 9.17) is 4.74 Å². The lowest BCUT2D eigenvalue weighted by molar-refractivity contribution is -0.142. The van der Waals surface area contributed by atoms with Gasteiger partial charge in [0, 0.05) is 16.6 Å². The lowest BCUT2D eigenvalue weighted by Crippen LogP contribution is -2.14. The fraction of sp³-hybridized carbons (Fsp3) is 0.400. The van der Waals surface area contributed by atoms with E-state index in [1.807, 2.05) is 6.07 Å². The van der Waals surface area contributed by atoms with Crippen LogP contribution in [0.1, 0.15) is 36.4 Å². The van der Waals surface area contributed by atoms with E-state index in [1.165, 1.54) is 18.1 Å². The van der Waals surface area contributed by atoms with E-state index >= 15 is 0 Å². The molecular weight excluding hydrogens is 226 g/mol. The van der Waals surface area contributed by atoms with E-state index in [-0.39, 0.29) is 11.9 Å². The molecule has 0 radical (unpaired) electrons. The highest BCUT2D eigenvalue weighted by molar-refractivity contribution is 5.88. The van der Waals surface area contributed by atoms with Gasteiger partial charge in [0.25, 0.3) is 0 Å². The van der Waals surface area contributed by atoms with Crippen LogP contribution in [-0.4, -0.2) is 18.1 Å². The predicted molar refractivity (Wildman–Crippen MR) is 70.6 cm³/mol. The van der Waals surface area contributed by atoms with Gasteiger partial charge in [-0.3, -0.25) is 4.79 Å². The molecule has 1 heterocycles. The van der Waals surface area contributed by atoms with Crippen molar-refractivity contribution in [2.24, 2.45) is 0 Å². The summed E-state index contributed by atoms with van der Waals surface area (Å²) in [5.41, 5.74) is 3.50. The van der Waals surface area contributed by atoms with Crippen LogP contribution in [0.2, 0.25) is 0 Å². The van der Waals surface area contributed by atoms with Crippen LogP contribution in [0.15, 0.2) is 24.3 Å². The van der Waals surface area contributed by atoms with Crippen molar-refractivity contribution in [3.8, 4) is 0 Å². The van der Waals surface area contributed by atoms with E-state index in [9.17, 15) is 4.79 Å². The normalized spacial score (nSPS) is 19.3. The van der Waals surface area contributed by atoms with Crippen LogP contribution in [0, 0.1) is 0 Å². The smallest absolute Gasteiger partial charge is 0.314 e. The minimum absolute atomic E-state index is 0.121. The van der Waals surface area contributed by atoms with E-state index in [1.54, 1.807) is 0 Å². The zero-order valence-electron chi connectivity index (χ0n) is 10.5. The lowest BCUT2D eigenvalue weighted by atomic mass is 9.99. The molecular formula is C15H17NO2. The number of fused-ring (bicyclic) bond motifs is 3. The molecule has 2 aromatic rings. The Balaban J connectivity index is 2.17. The van der Waals surface area contributed by atoms with E-state index < -0.39 is 0 Å². The number of hydrogen-bond donors (Lipinski definition) is 1. The number of aromatic nitrogens is 1. The summed E-state index contributed by atoms with van der Waals surface area (Å²) in [7, 11) is 1.47. The first kappa shape index (κ1) is 11.3. The number of carbonyl (C=O) groups is 1. The zero-order valence-corrected chi connectivity index (χ0v) is 10.5. The van der Waals surface area contributed by atoms with Gasteiger partial charge in [0.1, 0.15) is 0 Å². The number of esters is 1. The fourth-order valence-corrected chi connectivity index (χ4v) is 2.96. The largest absolute Gasteiger partial charge is 0.469 e. The van der Waals surface area contributed by atoms with Gasteiger partial charge in [0.2, 0.25) is 0 Å². The summed E-state index contributed by atoms with van der Waals surface area (Å²) in [6.45, 7) is 0. The van der Waals surface area contributed by atoms with Gasteiger partial charge in [-0.25, -0.2) is 0 Å². The number of benzene rings is 1. The third kappa shape index (κ3) is 1.70. The molecule has 1 aromatic carbocycles. The summed E-state index contributed by atoms with van der Waals surface area (Å²) < 4.78 is 4.94. The molecule has 1 unspecified atom stereocenters. The Hall–Kier alpha value is -1.77. The number of H-pyrrole nitrogens is 1. The van der Waals surface area contributed by atoms with Crippen molar-refractivity contribution in [1.82, 2.24) is 4.98 Å². The molecule has 94 valence electrons. The molecule has 3 nitrogen and oxygen atoms in total. The number of aromatic amines is 1. The van der Waals surface area contributed by atoms with Gasteiger partial charge in [0.05, 0.1) is 13.0 Å². The first-order chi connectivity index (χ1) is 8.81. The van der Waals surface area contributed by atoms with Crippen LogP contribution in [-0.2, 0) is 16.0 Å². The SMILES string of the molecule is COC(=O)C1CCCCc2c1[nH]c1ccccc21. The van der Waals surface area contributed by atoms with Crippen molar-refractivity contribution in [3.63, 3.8) is 0 Å². The molecule has 0 saturated carbocycles. The van der Waals surface area contributed by atoms with Gasteiger partial charge in [-0.1, -0.05) is 24.6 Å². The Morgan fingerprint density at radius 2 is 2.17 bits per heavy atom. The molecule has 1 aliphatic rings. The molecule has 0 amide bonds. The first-order valence-electron chi connectivity index (χ1n) is 6.48. The zero-order chi connectivity index (χ0) is 12.5. The molecule has 18 heavy (non-hydrogen) atoms. The van der Waals surface area contributed by atoms with Crippen LogP contribution >= 0.6 is 0 Å². The lowest BCUT2D eigenvalue weighted by Gasteiger charge is -2.11. The topological polar surface area (TPSA) is 42.1 Å². The quantitative estimate of drug-likeness (QED) is 0.617. The summed E-state index contributed by atoms with van der Waals surface area (Å²) in [5, 5.41) is 1.25. The summed E-state index contributed by atoms with van der Waals surface area (Å²) in [6.07, 6.45) is 4.15. The Morgan fingerprint density at radius 1 is 1.33 bits per heavy atom. The molecule has 0 spiro atoms. The van der Waals surface area contributed by atoms with Gasteiger partial charge in [-0.15, -0.1) is 0 Å². The van der Waals surface area contributed by atoms with Crippen LogP contribution in [0.4, 0.5) is 0 Å². The second kappa shape index (κ2) is 4.48. The van der Waals surface area contributed by atoms with Crippen LogP contribution in [0.3, 0.4) is 0 Å². The van der Waals surface area contributed by atoms with E-state index in [0.29, 0.717) is 0 Å². The Bertz CT molecular complexity index is 585. The van der Waals surface area contributed by atoms with Crippen molar-refractivity contribution in [1.29, 1.82) is 0 Å². The number of carbonyl (C=O) groups excluding carboxylic acids is 1. The minimum Gasteiger partial charge on any atom is -0.469 e. The number of methoxy groups -OCH3 is 1. The van der Waals surface area contributed by atoms with E-state index in [2.05, 4.69) is 23.2 Å². The highest BCUT2D eigenvalue weighted by Crippen LogP contribution is 2.35. The van der Waals surface area contributed by atoms with Crippen molar-refractivity contribution in [2.45, 2.75) is 31.6 Å². The van der Waals surface area contributed by atoms with Gasteiger partial charge in [0.15, 0.2) is 0 Å². The number of para-hydroxylation sites is 1. The maximum atomic E-state index is 11.9. The average Bonchev–Trinajstić information content (AvgIpc) is 2.64. The summed E-state index contributed by atoms with van der Waals surface area (Å²) >= 11 is 0. The van der Waals surface area contributed by atoms with Crippen LogP contribution in [0.25, 0.3) is 10.9 Å². The Kier molecular flexibility index (Phi) is 2.82. The molecule has 1 atom stereocenters. The summed E-state index contributed by atoms with van der Waals surface area (Å²) in [6, 6.07) is 8.27. The predicted octanol–water partition coefficient (Wildman–Crippen LogP) is 3.15. The third-order valence-corrected chi connectivity index (χ3v) is 3.85. The monoisotopic (exact) mass is 243 g/mol. The molecule has 1 aromatic heterocycles. The Morgan fingerprint density at radius 3 is 3.00 bits per heavy atom. The molecule has 0 fully saturated rings. The highest BCUT2D eigenvalue weighted by atomic mass is 16.5. The molecule has 3 rings (SSSR count). The van der Waals surface area contributed by atoms with Crippen molar-refractivity contribution in [3.05, 3.63) is 35.5 Å². The van der Waals surface area contributed by atoms with Crippen molar-refractivity contribution in [2.75, 3.05) is 7.11 Å². The number of aryl methyl sites for hydroxylation is 1. The number of nitrogens with one attached hydrogen (secondary N) is 1. The Labute approximate surface area is 106 Å². The van der Waals surface area contributed by atoms with Gasteiger partial charge in [-0.2, -0.15) is 0 Å². The maximum absolute atomic E-state index is 11.9. The van der Waals surface area contributed by atoms with Crippen LogP contribution in [0.5, 0.6) is 0 Å². The summed E-state index contributed by atoms with van der Waals surface area (Å²) in [5.74, 6) is -0.246. The standard InChI is InChI=1S/C15H17NO2/c1-18-15(17)12-8-3-2-7-11-10-6-4-5-9-13(10)16-14(11)12/h4-6,9,12,16H,2-3,7-8H2,1H3. The van der Waals surface area contributed by atoms with Gasteiger partial charge >= 0.3 is 5.97 Å². The third-order valence-electron chi connectivity index (χ3n) is 3.85. The minimum atomic E-state index is -0.125. The molecule has 0 saturated heterocycles. The average molecular weight is 243 g/mol. The molecule has 1 N–H and O–H groups in total. The second-order valence-corrected chi connectivity index (χ2v) is 4.88.